The third kappa shape index (κ3) is 35.0. The van der Waals surface area contributed by atoms with Gasteiger partial charge in [-0.05, 0) is 44.4 Å². The molecule has 0 aliphatic heterocycles. The summed E-state index contributed by atoms with van der Waals surface area (Å²) >= 11 is 9.39. The van der Waals surface area contributed by atoms with Crippen LogP contribution in [0.1, 0.15) is 132 Å². The van der Waals surface area contributed by atoms with Gasteiger partial charge in [0, 0.05) is 63.2 Å². The van der Waals surface area contributed by atoms with E-state index in [0.717, 1.165) is 24.8 Å². The highest BCUT2D eigenvalue weighted by molar-refractivity contribution is 7.89. The molecule has 0 bridgehead atoms. The molecule has 314 valence electrons. The van der Waals surface area contributed by atoms with E-state index in [1.165, 1.54) is 33.1 Å². The minimum Gasteiger partial charge on any atom is -0.350 e. The molecule has 0 unspecified atom stereocenters. The summed E-state index contributed by atoms with van der Waals surface area (Å²) in [5.41, 5.74) is 1.71. The van der Waals surface area contributed by atoms with Crippen LogP contribution in [0.15, 0.2) is 24.3 Å². The van der Waals surface area contributed by atoms with Gasteiger partial charge in [0.05, 0.1) is 0 Å². The molecule has 4 N–H and O–H groups in total. The number of unbranched alkanes of at least 4 members (excludes halogenated alkanes) is 4. The summed E-state index contributed by atoms with van der Waals surface area (Å²) < 4.78 is 0. The number of anilines is 1. The number of carbonyl (C=O) groups is 10. The predicted molar refractivity (Wildman–Crippen MR) is 226 cm³/mol. The Labute approximate surface area is 342 Å². The van der Waals surface area contributed by atoms with Gasteiger partial charge < -0.3 is 21.3 Å². The van der Waals surface area contributed by atoms with E-state index in [1.54, 1.807) is 40.7 Å². The van der Waals surface area contributed by atoms with Crippen molar-refractivity contribution in [3.8, 4) is 0 Å². The maximum absolute atomic E-state index is 11.2. The normalized spacial score (nSPS) is 9.18. The van der Waals surface area contributed by atoms with Gasteiger partial charge in [0.2, 0.25) is 23.1 Å². The first-order valence-electron chi connectivity index (χ1n) is 18.6. The van der Waals surface area contributed by atoms with Gasteiger partial charge >= 0.3 is 0 Å². The van der Waals surface area contributed by atoms with Gasteiger partial charge in [-0.2, -0.15) is 0 Å². The van der Waals surface area contributed by atoms with Crippen molar-refractivity contribution in [1.82, 2.24) is 16.0 Å². The zero-order chi connectivity index (χ0) is 44.2. The van der Waals surface area contributed by atoms with E-state index in [4.69, 9.17) is 24.4 Å². The number of hydrogen-bond donors (Lipinski definition) is 4. The van der Waals surface area contributed by atoms with Crippen LogP contribution in [0, 0.1) is 6.92 Å². The number of nitrogens with one attached hydrogen (secondary N) is 4. The molecule has 16 heteroatoms. The van der Waals surface area contributed by atoms with Crippen LogP contribution >= 0.6 is 24.4 Å². The molecule has 56 heavy (non-hydrogen) atoms. The largest absolute Gasteiger partial charge is 0.350 e. The summed E-state index contributed by atoms with van der Waals surface area (Å²) in [5.74, 6) is -4.42. The Hall–Kier alpha value is -4.70. The van der Waals surface area contributed by atoms with Gasteiger partial charge in [-0.1, -0.05) is 104 Å². The summed E-state index contributed by atoms with van der Waals surface area (Å²) in [6.07, 6.45) is 7.65. The van der Waals surface area contributed by atoms with Gasteiger partial charge in [-0.15, -0.1) is 0 Å². The van der Waals surface area contributed by atoms with Crippen molar-refractivity contribution in [1.29, 1.82) is 0 Å². The summed E-state index contributed by atoms with van der Waals surface area (Å²) in [6, 6.07) is 7.34. The predicted octanol–water partition coefficient (Wildman–Crippen LogP) is 5.42. The van der Waals surface area contributed by atoms with Crippen LogP contribution in [0.25, 0.3) is 0 Å². The Kier molecular flexibility index (Phi) is 38.6. The highest BCUT2D eigenvalue weighted by Crippen LogP contribution is 2.09. The van der Waals surface area contributed by atoms with Crippen molar-refractivity contribution in [3.05, 3.63) is 29.8 Å². The summed E-state index contributed by atoms with van der Waals surface area (Å²) in [4.78, 5) is 107. The van der Waals surface area contributed by atoms with E-state index in [9.17, 15) is 47.9 Å². The van der Waals surface area contributed by atoms with Crippen LogP contribution in [0.3, 0.4) is 0 Å². The van der Waals surface area contributed by atoms with E-state index in [0.29, 0.717) is 30.1 Å². The van der Waals surface area contributed by atoms with E-state index in [1.807, 2.05) is 32.0 Å². The SMILES string of the molecule is CC(=O)C(C)=O.CCC(=O)C(=O)NC(=S)C(C)=S.CCC(=O)C(=O)Nc1cccc(C)c1.CCCCCCCNC(=O)C(=O)CC.CCCNC(=O)C(=O)CC. The van der Waals surface area contributed by atoms with Crippen molar-refractivity contribution in [3.63, 3.8) is 0 Å². The average molecular weight is 823 g/mol. The van der Waals surface area contributed by atoms with Crippen LogP contribution in [-0.2, 0) is 47.9 Å². The lowest BCUT2D eigenvalue weighted by molar-refractivity contribution is -0.137. The van der Waals surface area contributed by atoms with Crippen molar-refractivity contribution in [2.45, 2.75) is 133 Å². The minimum absolute atomic E-state index is 0.150. The van der Waals surface area contributed by atoms with Gasteiger partial charge in [0.1, 0.15) is 4.99 Å². The molecule has 0 saturated heterocycles. The van der Waals surface area contributed by atoms with Crippen molar-refractivity contribution in [2.75, 3.05) is 18.4 Å². The van der Waals surface area contributed by atoms with Gasteiger partial charge in [0.25, 0.3) is 23.6 Å². The first-order valence-corrected chi connectivity index (χ1v) is 19.5. The molecule has 0 atom stereocenters. The summed E-state index contributed by atoms with van der Waals surface area (Å²) in [5, 5.41) is 9.89. The van der Waals surface area contributed by atoms with E-state index in [-0.39, 0.29) is 47.4 Å². The van der Waals surface area contributed by atoms with E-state index >= 15 is 0 Å². The molecule has 0 radical (unpaired) electrons. The molecular formula is C40H62N4O10S2. The molecular weight excluding hydrogens is 761 g/mol. The summed E-state index contributed by atoms with van der Waals surface area (Å²) in [7, 11) is 0. The van der Waals surface area contributed by atoms with Crippen LogP contribution in [0.5, 0.6) is 0 Å². The minimum atomic E-state index is -0.688. The maximum Gasteiger partial charge on any atom is 0.292 e. The molecule has 4 amide bonds. The molecule has 0 aliphatic carbocycles. The van der Waals surface area contributed by atoms with Crippen molar-refractivity contribution >= 4 is 98.3 Å². The number of amides is 4. The molecule has 0 heterocycles. The first kappa shape index (κ1) is 58.0. The third-order valence-electron chi connectivity index (χ3n) is 6.72. The van der Waals surface area contributed by atoms with E-state index in [2.05, 4.69) is 28.2 Å². The average Bonchev–Trinajstić information content (AvgIpc) is 3.17. The number of ketones is 6. The van der Waals surface area contributed by atoms with Gasteiger partial charge in [-0.3, -0.25) is 47.9 Å². The highest BCUT2D eigenvalue weighted by Gasteiger charge is 2.13. The number of hydrogen-bond acceptors (Lipinski definition) is 12. The number of rotatable bonds is 19. The van der Waals surface area contributed by atoms with Crippen LogP contribution in [0.2, 0.25) is 0 Å². The molecule has 0 aliphatic rings. The third-order valence-corrected chi connectivity index (χ3v) is 7.46. The van der Waals surface area contributed by atoms with Gasteiger partial charge in [-0.25, -0.2) is 0 Å². The molecule has 0 saturated carbocycles. The number of aryl methyl sites for hydroxylation is 1. The smallest absolute Gasteiger partial charge is 0.292 e. The number of carbonyl (C=O) groups excluding carboxylic acids is 10. The lowest BCUT2D eigenvalue weighted by Gasteiger charge is -2.03. The quantitative estimate of drug-likeness (QED) is 0.0781. The number of Topliss-reactive ketones (excluding diaryl/α,β-unsaturated/α-hetero) is 6. The summed E-state index contributed by atoms with van der Waals surface area (Å²) in [6.45, 7) is 18.0. The zero-order valence-corrected chi connectivity index (χ0v) is 36.3. The monoisotopic (exact) mass is 822 g/mol. The maximum atomic E-state index is 11.2. The fraction of sp³-hybridized carbons (Fsp3) is 0.550. The number of benzene rings is 1. The fourth-order valence-corrected chi connectivity index (χ4v) is 3.34. The standard InChI is InChI=1S/C11H13NO2.C11H21NO2.C7H9NO2S2.C7H13NO2.C4H6O2/c1-3-10(13)11(14)12-9-6-4-5-8(2)7-9;1-3-5-6-7-8-9-12-11(14)10(13)4-2;1-3-5(9)6(10)8-7(12)4(2)11;1-3-5-8-7(10)6(9)4-2;1-3(5)4(2)6/h4-7H,3H2,1-2H3,(H,12,14);3-9H2,1-2H3,(H,12,14);3H2,1-2H3,(H,8,10,12);3-5H2,1-2H3,(H,8,10);1-2H3. The molecule has 1 aromatic rings. The topological polar surface area (TPSA) is 219 Å². The first-order chi connectivity index (χ1) is 26.2. The molecule has 0 spiro atoms. The Balaban J connectivity index is -0.000000309. The van der Waals surface area contributed by atoms with Crippen LogP contribution < -0.4 is 21.3 Å². The highest BCUT2D eigenvalue weighted by atomic mass is 32.1. The number of thiocarbonyl (C=S) groups is 2. The van der Waals surface area contributed by atoms with Crippen LogP contribution in [-0.4, -0.2) is 81.3 Å². The lowest BCUT2D eigenvalue weighted by atomic mass is 10.1. The second-order valence-electron chi connectivity index (χ2n) is 11.8. The second-order valence-corrected chi connectivity index (χ2v) is 12.8. The Morgan fingerprint density at radius 2 is 0.964 bits per heavy atom. The fourth-order valence-electron chi connectivity index (χ4n) is 3.19. The second kappa shape index (κ2) is 37.2. The Bertz CT molecular complexity index is 1480. The molecule has 0 fully saturated rings. The zero-order valence-electron chi connectivity index (χ0n) is 34.7. The van der Waals surface area contributed by atoms with Crippen LogP contribution in [0.4, 0.5) is 5.69 Å². The Morgan fingerprint density at radius 3 is 1.36 bits per heavy atom. The van der Waals surface area contributed by atoms with Crippen molar-refractivity contribution < 1.29 is 47.9 Å². The van der Waals surface area contributed by atoms with Gasteiger partial charge in [0.15, 0.2) is 11.6 Å². The Morgan fingerprint density at radius 1 is 0.536 bits per heavy atom. The molecule has 14 nitrogen and oxygen atoms in total. The molecule has 1 rings (SSSR count). The van der Waals surface area contributed by atoms with E-state index < -0.39 is 35.2 Å². The van der Waals surface area contributed by atoms with Crippen molar-refractivity contribution in [2.24, 2.45) is 0 Å². The lowest BCUT2D eigenvalue weighted by Crippen LogP contribution is -2.37. The molecule has 0 aromatic heterocycles. The molecule has 1 aromatic carbocycles.